The Bertz CT molecular complexity index is 188. The molecule has 1 heteroatoms. The molecule has 0 N–H and O–H groups in total. The molecule has 0 aliphatic rings. The van der Waals surface area contributed by atoms with E-state index in [9.17, 15) is 4.39 Å². The molecule has 0 amide bonds. The van der Waals surface area contributed by atoms with Crippen LogP contribution in [-0.4, -0.2) is 0 Å². The average molecular weight is 132 g/mol. The lowest BCUT2D eigenvalue weighted by atomic mass is 10.2. The van der Waals surface area contributed by atoms with Crippen molar-refractivity contribution in [1.82, 2.24) is 0 Å². The van der Waals surface area contributed by atoms with E-state index in [1.54, 1.807) is 12.1 Å². The van der Waals surface area contributed by atoms with E-state index >= 15 is 0 Å². The summed E-state index contributed by atoms with van der Waals surface area (Å²) >= 11 is 0. The second-order valence-corrected chi connectivity index (χ2v) is 1.98. The largest absolute Gasteiger partial charge is 0.207 e. The van der Waals surface area contributed by atoms with Crippen molar-refractivity contribution in [2.45, 2.75) is 13.3 Å². The molecule has 0 saturated carbocycles. The second kappa shape index (κ2) is 2.62. The highest BCUT2D eigenvalue weighted by Crippen LogP contribution is 2.01. The van der Waals surface area contributed by atoms with Crippen LogP contribution in [0.25, 0.3) is 0 Å². The molecule has 0 atom stereocenters. The highest BCUT2D eigenvalue weighted by atomic mass is 19.1. The van der Waals surface area contributed by atoms with E-state index in [0.717, 1.165) is 6.42 Å². The Morgan fingerprint density at radius 1 is 1.33 bits per heavy atom. The first-order chi connectivity index (χ1) is 4.33. The monoisotopic (exact) mass is 132 g/mol. The van der Waals surface area contributed by atoms with Gasteiger partial charge in [-0.05, 0) is 24.1 Å². The molecule has 9 heavy (non-hydrogen) atoms. The molecule has 0 spiro atoms. The third kappa shape index (κ3) is 1.53. The maximum atomic E-state index is 12.2. The summed E-state index contributed by atoms with van der Waals surface area (Å²) in [6, 6.07) is 6.57. The van der Waals surface area contributed by atoms with Crippen molar-refractivity contribution < 1.29 is 10.1 Å². The van der Waals surface area contributed by atoms with E-state index in [0.29, 0.717) is 0 Å². The van der Waals surface area contributed by atoms with Crippen LogP contribution in [0.2, 0.25) is 0 Å². The molecule has 1 aromatic carbocycles. The van der Waals surface area contributed by atoms with E-state index < -0.39 is 0 Å². The zero-order valence-electron chi connectivity index (χ0n) is 5.39. The minimum Gasteiger partial charge on any atom is -0.207 e. The third-order valence-electron chi connectivity index (χ3n) is 1.32. The first-order valence-electron chi connectivity index (χ1n) is 3.07. The fourth-order valence-corrected chi connectivity index (χ4v) is 0.720. The van der Waals surface area contributed by atoms with Gasteiger partial charge in [0, 0.05) is 5.71 Å². The molecule has 0 aliphatic heterocycles. The van der Waals surface area contributed by atoms with Gasteiger partial charge in [-0.2, -0.15) is 0 Å². The van der Waals surface area contributed by atoms with Crippen LogP contribution in [0, 0.1) is 5.82 Å². The number of hydrogen-bond donors (Lipinski definition) is 0. The lowest BCUT2D eigenvalue weighted by Gasteiger charge is -1.92. The number of aryl methyl sites for hydroxylation is 1. The van der Waals surface area contributed by atoms with Crippen LogP contribution >= 0.6 is 0 Å². The van der Waals surface area contributed by atoms with Crippen molar-refractivity contribution >= 4 is 0 Å². The molecule has 0 bridgehead atoms. The number of rotatable bonds is 1. The topological polar surface area (TPSA) is 0 Å². The smallest absolute Gasteiger partial charge is 0.123 e. The summed E-state index contributed by atoms with van der Waals surface area (Å²) in [7, 11) is 0. The van der Waals surface area contributed by atoms with Gasteiger partial charge in [0.05, 0.1) is 0 Å². The molecular weight excluding hydrogens is 115 g/mol. The van der Waals surface area contributed by atoms with Crippen molar-refractivity contribution in [2.24, 2.45) is 0 Å². The fourth-order valence-electron chi connectivity index (χ4n) is 0.720. The van der Waals surface area contributed by atoms with Crippen LogP contribution in [0.15, 0.2) is 24.3 Å². The summed E-state index contributed by atoms with van der Waals surface area (Å²) < 4.78 is 12.2. The first-order valence-corrected chi connectivity index (χ1v) is 3.07. The maximum Gasteiger partial charge on any atom is 0.123 e. The summed E-state index contributed by atoms with van der Waals surface area (Å²) in [5.41, 5.74) is 1.18. The van der Waals surface area contributed by atoms with E-state index in [1.807, 2.05) is 6.92 Å². The molecule has 0 aliphatic carbocycles. The maximum absolute atomic E-state index is 12.2. The van der Waals surface area contributed by atoms with Gasteiger partial charge in [0.15, 0.2) is 0 Å². The lowest BCUT2D eigenvalue weighted by Crippen LogP contribution is -1.78. The van der Waals surface area contributed by atoms with Gasteiger partial charge in [0.1, 0.15) is 5.82 Å². The molecule has 1 aromatic rings. The first kappa shape index (κ1) is 6.27. The number of halogens is 1. The van der Waals surface area contributed by atoms with Gasteiger partial charge >= 0.3 is 0 Å². The highest BCUT2D eigenvalue weighted by Gasteiger charge is 1.87. The summed E-state index contributed by atoms with van der Waals surface area (Å²) in [6.45, 7) is 2.05. The molecule has 0 unspecified atom stereocenters. The van der Waals surface area contributed by atoms with Crippen molar-refractivity contribution in [3.05, 3.63) is 35.6 Å². The van der Waals surface area contributed by atoms with E-state index in [4.69, 9.17) is 0 Å². The molecule has 0 radical (unpaired) electrons. The summed E-state index contributed by atoms with van der Waals surface area (Å²) in [4.78, 5) is 0. The van der Waals surface area contributed by atoms with Gasteiger partial charge in [-0.25, -0.2) is 4.39 Å². The molecule has 0 saturated heterocycles. The van der Waals surface area contributed by atoms with Crippen LogP contribution in [0.4, 0.5) is 4.39 Å². The quantitative estimate of drug-likeness (QED) is 0.549. The average Bonchev–Trinajstić information content (AvgIpc) is 1.90. The van der Waals surface area contributed by atoms with E-state index in [1.165, 1.54) is 17.7 Å². The van der Waals surface area contributed by atoms with Crippen LogP contribution in [0.1, 0.15) is 18.2 Å². The molecule has 0 aromatic heterocycles. The van der Waals surface area contributed by atoms with Crippen LogP contribution in [0.3, 0.4) is 0 Å². The fraction of sp³-hybridized carbons (Fsp3) is 0.250. The third-order valence-corrected chi connectivity index (χ3v) is 1.32. The summed E-state index contributed by atoms with van der Waals surface area (Å²) in [6.07, 6.45) is 0.972. The Labute approximate surface area is 60.3 Å². The van der Waals surface area contributed by atoms with Crippen molar-refractivity contribution in [2.75, 3.05) is 0 Å². The zero-order chi connectivity index (χ0) is 6.69. The predicted molar refractivity (Wildman–Crippen MR) is 44.2 cm³/mol. The molecule has 0 heterocycles. The Morgan fingerprint density at radius 2 is 1.89 bits per heavy atom. The highest BCUT2D eigenvalue weighted by molar-refractivity contribution is 5.15. The van der Waals surface area contributed by atoms with Crippen molar-refractivity contribution in [3.8, 4) is 0 Å². The van der Waals surface area contributed by atoms with Gasteiger partial charge in [-0.3, -0.25) is 0 Å². The molecule has 56 valence electrons. The predicted octanol–water partition coefficient (Wildman–Crippen LogP) is 3.37. The van der Waals surface area contributed by atoms with Crippen LogP contribution in [0.5, 0.6) is 0 Å². The minimum absolute atomic E-state index is 0. The van der Waals surface area contributed by atoms with E-state index in [-0.39, 0.29) is 11.5 Å². The SMILES string of the molecule is CCc1ccc(F)cc1.[HH].[HH].[HH].[HH]. The van der Waals surface area contributed by atoms with Crippen LogP contribution in [-0.2, 0) is 6.42 Å². The zero-order valence-corrected chi connectivity index (χ0v) is 5.39. The lowest BCUT2D eigenvalue weighted by molar-refractivity contribution is 0.627. The van der Waals surface area contributed by atoms with Gasteiger partial charge in [0.2, 0.25) is 0 Å². The Kier molecular flexibility index (Phi) is 1.83. The van der Waals surface area contributed by atoms with Gasteiger partial charge in [-0.15, -0.1) is 0 Å². The second-order valence-electron chi connectivity index (χ2n) is 1.98. The normalized spacial score (nSPS) is 9.56. The van der Waals surface area contributed by atoms with Gasteiger partial charge in [0.25, 0.3) is 0 Å². The Hall–Kier alpha value is -0.850. The number of hydrogen-bond acceptors (Lipinski definition) is 0. The standard InChI is InChI=1S/C8H9F.4H2/c1-2-7-3-5-8(9)6-4-7;;;;/h3-6H,2H2,1H3;4*1H. The number of benzene rings is 1. The van der Waals surface area contributed by atoms with Gasteiger partial charge < -0.3 is 0 Å². The molecule has 1 rings (SSSR count). The molecular formula is C8H17F. The molecule has 0 fully saturated rings. The van der Waals surface area contributed by atoms with Crippen LogP contribution < -0.4 is 0 Å². The summed E-state index contributed by atoms with van der Waals surface area (Å²) in [5.74, 6) is -0.160. The van der Waals surface area contributed by atoms with Gasteiger partial charge in [-0.1, -0.05) is 19.1 Å². The Balaban J connectivity index is -0.000000101. The minimum atomic E-state index is -0.160. The van der Waals surface area contributed by atoms with Crippen molar-refractivity contribution in [1.29, 1.82) is 0 Å². The van der Waals surface area contributed by atoms with E-state index in [2.05, 4.69) is 0 Å². The summed E-state index contributed by atoms with van der Waals surface area (Å²) in [5, 5.41) is 0. The Morgan fingerprint density at radius 3 is 2.33 bits per heavy atom. The molecule has 0 nitrogen and oxygen atoms in total. The van der Waals surface area contributed by atoms with Crippen molar-refractivity contribution in [3.63, 3.8) is 0 Å².